The van der Waals surface area contributed by atoms with Gasteiger partial charge in [0.1, 0.15) is 5.82 Å². The van der Waals surface area contributed by atoms with E-state index in [9.17, 15) is 0 Å². The van der Waals surface area contributed by atoms with Gasteiger partial charge in [-0.1, -0.05) is 121 Å². The van der Waals surface area contributed by atoms with Crippen LogP contribution in [0.2, 0.25) is 0 Å². The second kappa shape index (κ2) is 10.9. The van der Waals surface area contributed by atoms with Crippen molar-refractivity contribution >= 4 is 38.7 Å². The summed E-state index contributed by atoms with van der Waals surface area (Å²) in [4.78, 5) is 7.11. The molecule has 2 heteroatoms. The van der Waals surface area contributed by atoms with Crippen molar-refractivity contribution in [2.45, 2.75) is 0 Å². The first-order valence-corrected chi connectivity index (χ1v) is 17.5. The second-order valence-electron chi connectivity index (χ2n) is 13.6. The maximum atomic E-state index is 4.85. The minimum atomic E-state index is 0.874. The van der Waals surface area contributed by atoms with E-state index in [-0.39, 0.29) is 0 Å². The fourth-order valence-electron chi connectivity index (χ4n) is 8.49. The van der Waals surface area contributed by atoms with Gasteiger partial charge in [0.25, 0.3) is 0 Å². The molecule has 2 nitrogen and oxygen atoms in total. The number of anilines is 3. The number of benzene rings is 8. The average Bonchev–Trinajstić information content (AvgIpc) is 3.70. The molecule has 0 unspecified atom stereocenters. The maximum Gasteiger partial charge on any atom is 0.137 e. The van der Waals surface area contributed by atoms with Gasteiger partial charge in [0.15, 0.2) is 0 Å². The lowest BCUT2D eigenvalue weighted by Gasteiger charge is -2.25. The SMILES string of the molecule is c1ccc(N(c2cc(-c3ccc4c(c3)-c3cccc5cccc-4c35)cc(-c3ccc4c(c3)-c3cccc5cccc-4c35)c2)c2ccccn2)cc1. The van der Waals surface area contributed by atoms with Gasteiger partial charge in [-0.15, -0.1) is 0 Å². The Labute approximate surface area is 296 Å². The summed E-state index contributed by atoms with van der Waals surface area (Å²) in [5.74, 6) is 0.874. The molecule has 1 heterocycles. The fourth-order valence-corrected chi connectivity index (χ4v) is 8.49. The van der Waals surface area contributed by atoms with Crippen LogP contribution in [0.15, 0.2) is 182 Å². The largest absolute Gasteiger partial charge is 0.295 e. The van der Waals surface area contributed by atoms with E-state index in [2.05, 4.69) is 175 Å². The summed E-state index contributed by atoms with van der Waals surface area (Å²) in [6.45, 7) is 0. The van der Waals surface area contributed by atoms with Crippen molar-refractivity contribution in [3.63, 3.8) is 0 Å². The molecule has 11 rings (SSSR count). The van der Waals surface area contributed by atoms with E-state index in [1.54, 1.807) is 0 Å². The highest BCUT2D eigenvalue weighted by molar-refractivity contribution is 6.17. The molecule has 0 bridgehead atoms. The van der Waals surface area contributed by atoms with Gasteiger partial charge in [0.2, 0.25) is 0 Å². The predicted molar refractivity (Wildman–Crippen MR) is 214 cm³/mol. The standard InChI is InChI=1S/C49H30N2/c1-2-14-37(15-3-1)51(47-20-4-5-25-50-47)38-27-35(33-21-23-39-41-16-6-10-31-12-8-18-43(48(31)41)45(39)29-33)26-36(28-38)34-22-24-40-42-17-7-11-32-13-9-19-44(49(32)42)46(40)30-34/h1-30H. The summed E-state index contributed by atoms with van der Waals surface area (Å²) in [6, 6.07) is 64.3. The lowest BCUT2D eigenvalue weighted by molar-refractivity contribution is 1.18. The molecule has 1 aromatic heterocycles. The summed E-state index contributed by atoms with van der Waals surface area (Å²) in [5, 5.41) is 5.27. The topological polar surface area (TPSA) is 16.1 Å². The molecular weight excluding hydrogens is 617 g/mol. The molecule has 51 heavy (non-hydrogen) atoms. The number of hydrogen-bond acceptors (Lipinski definition) is 2. The van der Waals surface area contributed by atoms with Crippen LogP contribution in [-0.2, 0) is 0 Å². The van der Waals surface area contributed by atoms with Crippen LogP contribution in [0, 0.1) is 0 Å². The normalized spacial score (nSPS) is 11.9. The van der Waals surface area contributed by atoms with Crippen LogP contribution in [0.5, 0.6) is 0 Å². The first-order chi connectivity index (χ1) is 25.3. The Bertz CT molecular complexity index is 2650. The van der Waals surface area contributed by atoms with Crippen molar-refractivity contribution in [2.24, 2.45) is 0 Å². The van der Waals surface area contributed by atoms with E-state index in [0.717, 1.165) is 28.3 Å². The van der Waals surface area contributed by atoms with Crippen LogP contribution in [-0.4, -0.2) is 4.98 Å². The smallest absolute Gasteiger partial charge is 0.137 e. The molecule has 0 atom stereocenters. The van der Waals surface area contributed by atoms with Gasteiger partial charge >= 0.3 is 0 Å². The molecule has 0 aliphatic heterocycles. The average molecular weight is 647 g/mol. The number of rotatable bonds is 5. The Morgan fingerprint density at radius 3 is 1.33 bits per heavy atom. The van der Waals surface area contributed by atoms with E-state index < -0.39 is 0 Å². The molecule has 9 aromatic rings. The number of pyridine rings is 1. The summed E-state index contributed by atoms with van der Waals surface area (Å²) in [6.07, 6.45) is 1.87. The van der Waals surface area contributed by atoms with Crippen molar-refractivity contribution in [1.82, 2.24) is 4.98 Å². The van der Waals surface area contributed by atoms with Gasteiger partial charge in [-0.2, -0.15) is 0 Å². The molecule has 0 spiro atoms. The molecule has 0 saturated carbocycles. The van der Waals surface area contributed by atoms with E-state index in [4.69, 9.17) is 4.98 Å². The van der Waals surface area contributed by atoms with E-state index in [0.29, 0.717) is 0 Å². The molecule has 2 aliphatic carbocycles. The van der Waals surface area contributed by atoms with Crippen molar-refractivity contribution < 1.29 is 0 Å². The molecule has 0 N–H and O–H groups in total. The van der Waals surface area contributed by atoms with Crippen LogP contribution in [0.4, 0.5) is 17.2 Å². The third kappa shape index (κ3) is 4.27. The minimum absolute atomic E-state index is 0.874. The van der Waals surface area contributed by atoms with E-state index in [1.165, 1.54) is 77.2 Å². The zero-order chi connectivity index (χ0) is 33.5. The first-order valence-electron chi connectivity index (χ1n) is 17.5. The number of aromatic nitrogens is 1. The van der Waals surface area contributed by atoms with Crippen LogP contribution in [0.3, 0.4) is 0 Å². The Kier molecular flexibility index (Phi) is 5.99. The van der Waals surface area contributed by atoms with E-state index in [1.807, 2.05) is 12.3 Å². The number of hydrogen-bond donors (Lipinski definition) is 0. The van der Waals surface area contributed by atoms with Gasteiger partial charge < -0.3 is 0 Å². The molecule has 236 valence electrons. The highest BCUT2D eigenvalue weighted by Gasteiger charge is 2.24. The van der Waals surface area contributed by atoms with Gasteiger partial charge in [-0.05, 0) is 143 Å². The molecule has 0 radical (unpaired) electrons. The summed E-state index contributed by atoms with van der Waals surface area (Å²) >= 11 is 0. The maximum absolute atomic E-state index is 4.85. The second-order valence-corrected chi connectivity index (χ2v) is 13.6. The third-order valence-corrected chi connectivity index (χ3v) is 10.7. The van der Waals surface area contributed by atoms with Crippen molar-refractivity contribution in [1.29, 1.82) is 0 Å². The minimum Gasteiger partial charge on any atom is -0.295 e. The zero-order valence-corrected chi connectivity index (χ0v) is 27.7. The molecular formula is C49H30N2. The monoisotopic (exact) mass is 646 g/mol. The quantitative estimate of drug-likeness (QED) is 0.185. The molecule has 2 aliphatic rings. The number of fused-ring (bicyclic) bond motifs is 6. The number of para-hydroxylation sites is 1. The van der Waals surface area contributed by atoms with Gasteiger partial charge in [0.05, 0.1) is 0 Å². The Morgan fingerprint density at radius 2 is 0.824 bits per heavy atom. The Hall–Kier alpha value is -6.77. The number of nitrogens with zero attached hydrogens (tertiary/aromatic N) is 2. The van der Waals surface area contributed by atoms with Crippen LogP contribution >= 0.6 is 0 Å². The van der Waals surface area contributed by atoms with Crippen molar-refractivity contribution in [3.8, 4) is 66.8 Å². The van der Waals surface area contributed by atoms with Crippen LogP contribution in [0.25, 0.3) is 88.3 Å². The zero-order valence-electron chi connectivity index (χ0n) is 27.7. The summed E-state index contributed by atoms with van der Waals surface area (Å²) < 4.78 is 0. The van der Waals surface area contributed by atoms with E-state index >= 15 is 0 Å². The lowest BCUT2D eigenvalue weighted by Crippen LogP contribution is -2.11. The summed E-state index contributed by atoms with van der Waals surface area (Å²) in [5.41, 5.74) is 17.3. The van der Waals surface area contributed by atoms with Gasteiger partial charge in [-0.3, -0.25) is 4.90 Å². The summed E-state index contributed by atoms with van der Waals surface area (Å²) in [7, 11) is 0. The van der Waals surface area contributed by atoms with Crippen molar-refractivity contribution in [3.05, 3.63) is 182 Å². The third-order valence-electron chi connectivity index (χ3n) is 10.7. The molecule has 0 saturated heterocycles. The van der Waals surface area contributed by atoms with Crippen molar-refractivity contribution in [2.75, 3.05) is 4.90 Å². The first kappa shape index (κ1) is 28.1. The highest BCUT2D eigenvalue weighted by Crippen LogP contribution is 2.51. The predicted octanol–water partition coefficient (Wildman–Crippen LogP) is 13.5. The van der Waals surface area contributed by atoms with Gasteiger partial charge in [-0.25, -0.2) is 4.98 Å². The fraction of sp³-hybridized carbons (Fsp3) is 0. The van der Waals surface area contributed by atoms with Crippen LogP contribution < -0.4 is 4.90 Å². The van der Waals surface area contributed by atoms with Crippen LogP contribution in [0.1, 0.15) is 0 Å². The molecule has 8 aromatic carbocycles. The molecule has 0 amide bonds. The Morgan fingerprint density at radius 1 is 0.314 bits per heavy atom. The highest BCUT2D eigenvalue weighted by atomic mass is 15.2. The lowest BCUT2D eigenvalue weighted by atomic mass is 9.92. The molecule has 0 fully saturated rings. The van der Waals surface area contributed by atoms with Gasteiger partial charge in [0, 0.05) is 17.6 Å². The Balaban J connectivity index is 1.13.